The summed E-state index contributed by atoms with van der Waals surface area (Å²) in [5.74, 6) is -0.801. The molecule has 18 heavy (non-hydrogen) atoms. The minimum atomic E-state index is -0.801. The Labute approximate surface area is 108 Å². The number of carboxylic acids is 1. The zero-order valence-electron chi connectivity index (χ0n) is 11.6. The van der Waals surface area contributed by atoms with Crippen molar-refractivity contribution in [1.29, 1.82) is 0 Å². The lowest BCUT2D eigenvalue weighted by Gasteiger charge is -2.23. The van der Waals surface area contributed by atoms with E-state index in [-0.39, 0.29) is 12.6 Å². The minimum Gasteiger partial charge on any atom is -0.480 e. The van der Waals surface area contributed by atoms with E-state index in [0.717, 1.165) is 12.1 Å². The second kappa shape index (κ2) is 6.54. The highest BCUT2D eigenvalue weighted by Gasteiger charge is 2.15. The number of aliphatic carboxylic acids is 1. The van der Waals surface area contributed by atoms with E-state index in [1.807, 2.05) is 35.7 Å². The maximum atomic E-state index is 10.8. The van der Waals surface area contributed by atoms with Crippen LogP contribution in [-0.4, -0.2) is 38.3 Å². The van der Waals surface area contributed by atoms with Gasteiger partial charge >= 0.3 is 5.97 Å². The molecule has 0 aromatic carbocycles. The Morgan fingerprint density at radius 2 is 2.17 bits per heavy atom. The molecule has 0 spiro atoms. The summed E-state index contributed by atoms with van der Waals surface area (Å²) < 4.78 is 1.94. The second-order valence-corrected chi connectivity index (χ2v) is 4.94. The number of hydrogen-bond acceptors (Lipinski definition) is 3. The summed E-state index contributed by atoms with van der Waals surface area (Å²) in [5, 5.41) is 13.4. The van der Waals surface area contributed by atoms with Crippen LogP contribution >= 0.6 is 0 Å². The number of carboxylic acid groups (broad SMARTS) is 1. The summed E-state index contributed by atoms with van der Waals surface area (Å²) >= 11 is 0. The first-order chi connectivity index (χ1) is 8.43. The summed E-state index contributed by atoms with van der Waals surface area (Å²) in [4.78, 5) is 12.7. The SMILES string of the molecule is CCC(C)n1ccc(CN(CC(=O)O)C(C)C)n1. The van der Waals surface area contributed by atoms with Crippen LogP contribution in [0.1, 0.15) is 45.9 Å². The van der Waals surface area contributed by atoms with Crippen molar-refractivity contribution in [3.05, 3.63) is 18.0 Å². The predicted molar refractivity (Wildman–Crippen MR) is 70.4 cm³/mol. The van der Waals surface area contributed by atoms with Crippen molar-refractivity contribution in [3.63, 3.8) is 0 Å². The molecule has 102 valence electrons. The Morgan fingerprint density at radius 1 is 1.50 bits per heavy atom. The number of carbonyl (C=O) groups is 1. The molecule has 0 bridgehead atoms. The maximum absolute atomic E-state index is 10.8. The molecule has 0 amide bonds. The predicted octanol–water partition coefficient (Wildman–Crippen LogP) is 2.15. The average molecular weight is 253 g/mol. The van der Waals surface area contributed by atoms with Crippen LogP contribution in [-0.2, 0) is 11.3 Å². The molecule has 0 saturated carbocycles. The third-order valence-electron chi connectivity index (χ3n) is 3.14. The monoisotopic (exact) mass is 253 g/mol. The van der Waals surface area contributed by atoms with Gasteiger partial charge in [-0.2, -0.15) is 5.10 Å². The van der Waals surface area contributed by atoms with E-state index in [1.54, 1.807) is 0 Å². The number of aromatic nitrogens is 2. The molecule has 1 unspecified atom stereocenters. The van der Waals surface area contributed by atoms with Crippen molar-refractivity contribution < 1.29 is 9.90 Å². The molecule has 1 aromatic rings. The Hall–Kier alpha value is -1.36. The van der Waals surface area contributed by atoms with Crippen molar-refractivity contribution in [3.8, 4) is 0 Å². The third-order valence-corrected chi connectivity index (χ3v) is 3.14. The summed E-state index contributed by atoms with van der Waals surface area (Å²) in [6.07, 6.45) is 2.99. The van der Waals surface area contributed by atoms with Gasteiger partial charge < -0.3 is 5.11 Å². The Balaban J connectivity index is 2.69. The molecule has 0 aliphatic heterocycles. The topological polar surface area (TPSA) is 58.4 Å². The number of nitrogens with zero attached hydrogens (tertiary/aromatic N) is 3. The van der Waals surface area contributed by atoms with Crippen molar-refractivity contribution in [2.45, 2.75) is 52.7 Å². The van der Waals surface area contributed by atoms with Crippen LogP contribution in [0.15, 0.2) is 12.3 Å². The number of rotatable bonds is 7. The largest absolute Gasteiger partial charge is 0.480 e. The minimum absolute atomic E-state index is 0.0495. The molecule has 1 rings (SSSR count). The van der Waals surface area contributed by atoms with Crippen LogP contribution in [0.3, 0.4) is 0 Å². The molecule has 1 atom stereocenters. The van der Waals surface area contributed by atoms with Crippen LogP contribution < -0.4 is 0 Å². The molecule has 1 N–H and O–H groups in total. The first-order valence-electron chi connectivity index (χ1n) is 6.43. The molecule has 1 aromatic heterocycles. The lowest BCUT2D eigenvalue weighted by Crippen LogP contribution is -2.35. The van der Waals surface area contributed by atoms with Gasteiger partial charge in [-0.05, 0) is 33.3 Å². The van der Waals surface area contributed by atoms with Crippen LogP contribution in [0, 0.1) is 0 Å². The van der Waals surface area contributed by atoms with Gasteiger partial charge in [-0.1, -0.05) is 6.92 Å². The van der Waals surface area contributed by atoms with Gasteiger partial charge in [0.2, 0.25) is 0 Å². The van der Waals surface area contributed by atoms with Crippen LogP contribution in [0.25, 0.3) is 0 Å². The molecule has 0 aliphatic carbocycles. The third kappa shape index (κ3) is 4.14. The van der Waals surface area contributed by atoms with Gasteiger partial charge in [-0.3, -0.25) is 14.4 Å². The van der Waals surface area contributed by atoms with E-state index in [9.17, 15) is 4.79 Å². The first-order valence-corrected chi connectivity index (χ1v) is 6.43. The Morgan fingerprint density at radius 3 is 2.67 bits per heavy atom. The molecular weight excluding hydrogens is 230 g/mol. The Bertz CT molecular complexity index is 387. The van der Waals surface area contributed by atoms with Crippen molar-refractivity contribution in [2.24, 2.45) is 0 Å². The quantitative estimate of drug-likeness (QED) is 0.809. The molecule has 0 saturated heterocycles. The van der Waals surface area contributed by atoms with E-state index in [2.05, 4.69) is 18.9 Å². The van der Waals surface area contributed by atoms with Gasteiger partial charge in [0.25, 0.3) is 0 Å². The zero-order chi connectivity index (χ0) is 13.7. The van der Waals surface area contributed by atoms with Crippen molar-refractivity contribution >= 4 is 5.97 Å². The van der Waals surface area contributed by atoms with Gasteiger partial charge in [0.05, 0.1) is 12.2 Å². The molecule has 5 nitrogen and oxygen atoms in total. The summed E-state index contributed by atoms with van der Waals surface area (Å²) in [7, 11) is 0. The smallest absolute Gasteiger partial charge is 0.317 e. The van der Waals surface area contributed by atoms with Crippen molar-refractivity contribution in [1.82, 2.24) is 14.7 Å². The van der Waals surface area contributed by atoms with Crippen molar-refractivity contribution in [2.75, 3.05) is 6.54 Å². The first kappa shape index (κ1) is 14.7. The van der Waals surface area contributed by atoms with Gasteiger partial charge in [0.15, 0.2) is 0 Å². The highest BCUT2D eigenvalue weighted by molar-refractivity contribution is 5.69. The van der Waals surface area contributed by atoms with Gasteiger partial charge in [-0.15, -0.1) is 0 Å². The molecule has 0 fully saturated rings. The van der Waals surface area contributed by atoms with Crippen LogP contribution in [0.2, 0.25) is 0 Å². The van der Waals surface area contributed by atoms with Crippen LogP contribution in [0.4, 0.5) is 0 Å². The summed E-state index contributed by atoms with van der Waals surface area (Å²) in [6.45, 7) is 8.86. The molecule has 1 heterocycles. The van der Waals surface area contributed by atoms with E-state index < -0.39 is 5.97 Å². The molecule has 0 radical (unpaired) electrons. The zero-order valence-corrected chi connectivity index (χ0v) is 11.6. The highest BCUT2D eigenvalue weighted by Crippen LogP contribution is 2.11. The fraction of sp³-hybridized carbons (Fsp3) is 0.692. The van der Waals surface area contributed by atoms with E-state index in [1.165, 1.54) is 0 Å². The second-order valence-electron chi connectivity index (χ2n) is 4.94. The van der Waals surface area contributed by atoms with E-state index in [4.69, 9.17) is 5.11 Å². The highest BCUT2D eigenvalue weighted by atomic mass is 16.4. The Kier molecular flexibility index (Phi) is 5.34. The fourth-order valence-corrected chi connectivity index (χ4v) is 1.70. The average Bonchev–Trinajstić information content (AvgIpc) is 2.75. The molecule has 0 aliphatic rings. The van der Waals surface area contributed by atoms with Crippen LogP contribution in [0.5, 0.6) is 0 Å². The van der Waals surface area contributed by atoms with Gasteiger partial charge in [0.1, 0.15) is 0 Å². The van der Waals surface area contributed by atoms with E-state index in [0.29, 0.717) is 12.6 Å². The van der Waals surface area contributed by atoms with Gasteiger partial charge in [0, 0.05) is 24.8 Å². The number of hydrogen-bond donors (Lipinski definition) is 1. The van der Waals surface area contributed by atoms with Gasteiger partial charge in [-0.25, -0.2) is 0 Å². The summed E-state index contributed by atoms with van der Waals surface area (Å²) in [5.41, 5.74) is 0.922. The van der Waals surface area contributed by atoms with E-state index >= 15 is 0 Å². The standard InChI is InChI=1S/C13H23N3O2/c1-5-11(4)16-7-6-12(14-16)8-15(10(2)3)9-13(17)18/h6-7,10-11H,5,8-9H2,1-4H3,(H,17,18). The maximum Gasteiger partial charge on any atom is 0.317 e. The summed E-state index contributed by atoms with van der Waals surface area (Å²) in [6, 6.07) is 2.53. The lowest BCUT2D eigenvalue weighted by molar-refractivity contribution is -0.139. The lowest BCUT2D eigenvalue weighted by atomic mass is 10.3. The normalized spacial score (nSPS) is 13.2. The molecule has 5 heteroatoms. The fourth-order valence-electron chi connectivity index (χ4n) is 1.70. The molecular formula is C13H23N3O2.